The molecule has 0 saturated carbocycles. The van der Waals surface area contributed by atoms with Crippen molar-refractivity contribution < 1.29 is 19.2 Å². The quantitative estimate of drug-likeness (QED) is 0.792. The van der Waals surface area contributed by atoms with E-state index in [1.807, 2.05) is 27.7 Å². The third kappa shape index (κ3) is 4.62. The number of carbonyl (C=O) groups excluding carboxylic acids is 1. The Morgan fingerprint density at radius 3 is 2.61 bits per heavy atom. The molecule has 1 aliphatic rings. The van der Waals surface area contributed by atoms with E-state index in [0.29, 0.717) is 17.5 Å². The molecule has 6 nitrogen and oxygen atoms in total. The molecule has 2 N–H and O–H groups in total. The summed E-state index contributed by atoms with van der Waals surface area (Å²) in [5.41, 5.74) is -0.508. The van der Waals surface area contributed by atoms with Gasteiger partial charge in [0.15, 0.2) is 5.78 Å². The van der Waals surface area contributed by atoms with Gasteiger partial charge >= 0.3 is 0 Å². The largest absolute Gasteiger partial charge is 0.395 e. The van der Waals surface area contributed by atoms with Gasteiger partial charge in [0, 0.05) is 30.7 Å². The van der Waals surface area contributed by atoms with E-state index in [4.69, 9.17) is 9.26 Å². The van der Waals surface area contributed by atoms with Crippen LogP contribution in [0, 0.1) is 0 Å². The Morgan fingerprint density at radius 2 is 2.00 bits per heavy atom. The van der Waals surface area contributed by atoms with Crippen molar-refractivity contribution in [2.24, 2.45) is 0 Å². The molecule has 1 aliphatic heterocycles. The van der Waals surface area contributed by atoms with Crippen LogP contribution in [0.15, 0.2) is 10.6 Å². The molecule has 0 aromatic carbocycles. The van der Waals surface area contributed by atoms with Crippen molar-refractivity contribution in [3.8, 4) is 0 Å². The van der Waals surface area contributed by atoms with Gasteiger partial charge in [0.25, 0.3) is 0 Å². The summed E-state index contributed by atoms with van der Waals surface area (Å²) >= 11 is 0. The molecule has 0 unspecified atom stereocenters. The van der Waals surface area contributed by atoms with Crippen molar-refractivity contribution in [2.45, 2.75) is 64.0 Å². The monoisotopic (exact) mass is 324 g/mol. The van der Waals surface area contributed by atoms with E-state index < -0.39 is 11.0 Å². The van der Waals surface area contributed by atoms with Gasteiger partial charge in [0.2, 0.25) is 0 Å². The Hall–Kier alpha value is -1.24. The molecule has 0 atom stereocenters. The van der Waals surface area contributed by atoms with Crippen LogP contribution in [0.25, 0.3) is 0 Å². The summed E-state index contributed by atoms with van der Waals surface area (Å²) in [5, 5.41) is 16.8. The molecule has 6 heteroatoms. The second kappa shape index (κ2) is 7.11. The van der Waals surface area contributed by atoms with E-state index in [2.05, 4.69) is 10.5 Å². The molecule has 1 aromatic rings. The number of aliphatic hydroxyl groups excluding tert-OH is 1. The van der Waals surface area contributed by atoms with E-state index in [0.717, 1.165) is 26.1 Å². The summed E-state index contributed by atoms with van der Waals surface area (Å²) < 4.78 is 10.6. The van der Waals surface area contributed by atoms with Gasteiger partial charge in [-0.25, -0.2) is 0 Å². The molecule has 0 radical (unpaired) electrons. The summed E-state index contributed by atoms with van der Waals surface area (Å²) in [6, 6.07) is 2.07. The minimum Gasteiger partial charge on any atom is -0.395 e. The van der Waals surface area contributed by atoms with E-state index in [1.165, 1.54) is 0 Å². The minimum absolute atomic E-state index is 0.0353. The number of carbonyl (C=O) groups is 1. The standard InChI is InChI=1S/C17H28N2O4/c1-16(2,11-20)15-10-13(19-23-15)9-14(21)17(3,4)18-12-5-7-22-8-6-12/h10,12,18,20H,5-9,11H2,1-4H3. The number of hydrogen-bond acceptors (Lipinski definition) is 6. The van der Waals surface area contributed by atoms with Gasteiger partial charge in [-0.05, 0) is 26.7 Å². The number of nitrogens with one attached hydrogen (secondary N) is 1. The molecule has 1 fully saturated rings. The zero-order valence-corrected chi connectivity index (χ0v) is 14.5. The molecule has 0 bridgehead atoms. The van der Waals surface area contributed by atoms with Gasteiger partial charge in [0.1, 0.15) is 5.76 Å². The Bertz CT molecular complexity index is 530. The van der Waals surface area contributed by atoms with E-state index in [-0.39, 0.29) is 18.8 Å². The maximum Gasteiger partial charge on any atom is 0.158 e. The molecule has 2 rings (SSSR count). The summed E-state index contributed by atoms with van der Waals surface area (Å²) in [7, 11) is 0. The predicted octanol–water partition coefficient (Wildman–Crippen LogP) is 1.60. The first-order chi connectivity index (χ1) is 10.7. The van der Waals surface area contributed by atoms with Crippen molar-refractivity contribution in [2.75, 3.05) is 19.8 Å². The number of nitrogens with zero attached hydrogens (tertiary/aromatic N) is 1. The highest BCUT2D eigenvalue weighted by atomic mass is 16.5. The van der Waals surface area contributed by atoms with Crippen molar-refractivity contribution in [3.63, 3.8) is 0 Å². The zero-order valence-electron chi connectivity index (χ0n) is 14.5. The third-order valence-electron chi connectivity index (χ3n) is 4.45. The lowest BCUT2D eigenvalue weighted by Gasteiger charge is -2.32. The fraction of sp³-hybridized carbons (Fsp3) is 0.765. The Kier molecular flexibility index (Phi) is 5.60. The summed E-state index contributed by atoms with van der Waals surface area (Å²) in [4.78, 5) is 12.6. The maximum absolute atomic E-state index is 12.6. The van der Waals surface area contributed by atoms with Crippen LogP contribution in [0.2, 0.25) is 0 Å². The van der Waals surface area contributed by atoms with Crippen LogP contribution in [-0.4, -0.2) is 47.4 Å². The highest BCUT2D eigenvalue weighted by Crippen LogP contribution is 2.24. The lowest BCUT2D eigenvalue weighted by molar-refractivity contribution is -0.124. The van der Waals surface area contributed by atoms with Gasteiger partial charge in [-0.15, -0.1) is 0 Å². The number of hydrogen-bond donors (Lipinski definition) is 2. The van der Waals surface area contributed by atoms with Crippen molar-refractivity contribution in [1.29, 1.82) is 0 Å². The van der Waals surface area contributed by atoms with Gasteiger partial charge < -0.3 is 19.7 Å². The smallest absolute Gasteiger partial charge is 0.158 e. The molecule has 0 aliphatic carbocycles. The van der Waals surface area contributed by atoms with Crippen LogP contribution in [0.5, 0.6) is 0 Å². The molecule has 0 spiro atoms. The molecular weight excluding hydrogens is 296 g/mol. The van der Waals surface area contributed by atoms with E-state index in [9.17, 15) is 9.90 Å². The summed E-state index contributed by atoms with van der Waals surface area (Å²) in [6.07, 6.45) is 2.07. The predicted molar refractivity (Wildman–Crippen MR) is 86.4 cm³/mol. The Labute approximate surface area is 137 Å². The maximum atomic E-state index is 12.6. The van der Waals surface area contributed by atoms with Crippen LogP contribution >= 0.6 is 0 Å². The second-order valence-corrected chi connectivity index (χ2v) is 7.48. The summed E-state index contributed by atoms with van der Waals surface area (Å²) in [5.74, 6) is 0.670. The lowest BCUT2D eigenvalue weighted by atomic mass is 9.90. The van der Waals surface area contributed by atoms with Crippen molar-refractivity contribution >= 4 is 5.78 Å². The average Bonchev–Trinajstić information content (AvgIpc) is 2.97. The normalized spacial score (nSPS) is 17.4. The number of aliphatic hydroxyl groups is 1. The Balaban J connectivity index is 1.97. The fourth-order valence-electron chi connectivity index (χ4n) is 2.61. The number of aromatic nitrogens is 1. The van der Waals surface area contributed by atoms with Gasteiger partial charge in [0.05, 0.1) is 24.3 Å². The van der Waals surface area contributed by atoms with Crippen LogP contribution in [-0.2, 0) is 21.4 Å². The van der Waals surface area contributed by atoms with Crippen LogP contribution in [0.1, 0.15) is 52.0 Å². The molecule has 1 saturated heterocycles. The first kappa shape index (κ1) is 18.1. The molecule has 1 aromatic heterocycles. The van der Waals surface area contributed by atoms with Gasteiger partial charge in [-0.2, -0.15) is 0 Å². The number of rotatable bonds is 7. The molecule has 2 heterocycles. The van der Waals surface area contributed by atoms with Crippen LogP contribution in [0.3, 0.4) is 0 Å². The fourth-order valence-corrected chi connectivity index (χ4v) is 2.61. The first-order valence-electron chi connectivity index (χ1n) is 8.20. The number of ketones is 1. The van der Waals surface area contributed by atoms with E-state index >= 15 is 0 Å². The highest BCUT2D eigenvalue weighted by molar-refractivity contribution is 5.89. The number of Topliss-reactive ketones (excluding diaryl/α,β-unsaturated/α-hetero) is 1. The molecule has 23 heavy (non-hydrogen) atoms. The summed E-state index contributed by atoms with van der Waals surface area (Å²) in [6.45, 7) is 9.00. The van der Waals surface area contributed by atoms with Crippen molar-refractivity contribution in [3.05, 3.63) is 17.5 Å². The highest BCUT2D eigenvalue weighted by Gasteiger charge is 2.32. The molecule has 130 valence electrons. The van der Waals surface area contributed by atoms with Crippen LogP contribution in [0.4, 0.5) is 0 Å². The van der Waals surface area contributed by atoms with E-state index in [1.54, 1.807) is 6.07 Å². The minimum atomic E-state index is -0.617. The Morgan fingerprint density at radius 1 is 1.35 bits per heavy atom. The average molecular weight is 324 g/mol. The molecule has 0 amide bonds. The zero-order chi connectivity index (χ0) is 17.1. The van der Waals surface area contributed by atoms with Gasteiger partial charge in [-0.3, -0.25) is 4.79 Å². The van der Waals surface area contributed by atoms with Crippen LogP contribution < -0.4 is 5.32 Å². The SMILES string of the molecule is CC(C)(NC1CCOCC1)C(=O)Cc1cc(C(C)(C)CO)on1. The molecular formula is C17H28N2O4. The van der Waals surface area contributed by atoms with Gasteiger partial charge in [-0.1, -0.05) is 19.0 Å². The third-order valence-corrected chi connectivity index (χ3v) is 4.45. The second-order valence-electron chi connectivity index (χ2n) is 7.48. The topological polar surface area (TPSA) is 84.6 Å². The van der Waals surface area contributed by atoms with Crippen molar-refractivity contribution in [1.82, 2.24) is 10.5 Å². The first-order valence-corrected chi connectivity index (χ1v) is 8.20. The number of ether oxygens (including phenoxy) is 1. The lowest BCUT2D eigenvalue weighted by Crippen LogP contribution is -2.53.